The maximum absolute atomic E-state index is 11.2. The van der Waals surface area contributed by atoms with Crippen molar-refractivity contribution in [2.45, 2.75) is 44.6 Å². The smallest absolute Gasteiger partial charge is 0.332 e. The number of aromatic nitrogens is 4. The van der Waals surface area contributed by atoms with E-state index in [9.17, 15) is 15.0 Å². The van der Waals surface area contributed by atoms with Crippen molar-refractivity contribution in [3.05, 3.63) is 77.3 Å². The number of aliphatic hydroxyl groups is 1. The number of fused-ring (bicyclic) bond motifs is 1. The molecule has 1 fully saturated rings. The van der Waals surface area contributed by atoms with Gasteiger partial charge in [-0.2, -0.15) is 5.10 Å². The molecule has 1 aromatic carbocycles. The third kappa shape index (κ3) is 4.47. The molecule has 5 rings (SSSR count). The third-order valence-corrected chi connectivity index (χ3v) is 7.80. The number of rotatable bonds is 6. The molecule has 4 aromatic rings. The average Bonchev–Trinajstić information content (AvgIpc) is 3.31. The quantitative estimate of drug-likeness (QED) is 0.308. The monoisotopic (exact) mass is 546 g/mol. The number of nitrogens with zero attached hydrogens (tertiary/aromatic N) is 4. The Morgan fingerprint density at radius 1 is 1.08 bits per heavy atom. The number of aliphatic carboxylic acids is 1. The van der Waals surface area contributed by atoms with Gasteiger partial charge in [0.2, 0.25) is 0 Å². The highest BCUT2D eigenvalue weighted by molar-refractivity contribution is 9.10. The normalized spacial score (nSPS) is 18.8. The van der Waals surface area contributed by atoms with Crippen LogP contribution >= 0.6 is 15.9 Å². The summed E-state index contributed by atoms with van der Waals surface area (Å²) in [5.74, 6) is -1.25. The van der Waals surface area contributed by atoms with Crippen LogP contribution in [0.3, 0.4) is 0 Å². The van der Waals surface area contributed by atoms with Crippen molar-refractivity contribution in [2.75, 3.05) is 0 Å². The summed E-state index contributed by atoms with van der Waals surface area (Å²) in [7, 11) is 0. The van der Waals surface area contributed by atoms with Crippen LogP contribution in [0.5, 0.6) is 0 Å². The standard InChI is InChI=1S/C28H27BrN4O3/c1-16(2)25-23(29)24(18-8-10-19(11-9-18)26(34)28(35)36)32-27-21(15-31-33(25)27)20-12-13-22(30-14-20)17-6-4-3-5-7-17/h3-7,12-15,18-19,26,34H,1,8-11H2,2H3,(H,35,36). The first-order valence-corrected chi connectivity index (χ1v) is 12.8. The number of carboxylic acids is 1. The van der Waals surface area contributed by atoms with E-state index in [0.29, 0.717) is 12.8 Å². The lowest BCUT2D eigenvalue weighted by atomic mass is 9.78. The largest absolute Gasteiger partial charge is 0.479 e. The Kier molecular flexibility index (Phi) is 6.73. The van der Waals surface area contributed by atoms with Gasteiger partial charge in [0.05, 0.1) is 27.8 Å². The Bertz CT molecular complexity index is 1420. The molecule has 36 heavy (non-hydrogen) atoms. The molecule has 1 atom stereocenters. The molecule has 0 amide bonds. The molecule has 1 saturated carbocycles. The number of halogens is 1. The minimum Gasteiger partial charge on any atom is -0.479 e. The molecule has 3 heterocycles. The predicted octanol–water partition coefficient (Wildman–Crippen LogP) is 5.97. The number of allylic oxidation sites excluding steroid dienone is 1. The van der Waals surface area contributed by atoms with Crippen LogP contribution < -0.4 is 0 Å². The summed E-state index contributed by atoms with van der Waals surface area (Å²) < 4.78 is 2.67. The number of hydrogen-bond donors (Lipinski definition) is 2. The maximum atomic E-state index is 11.2. The molecule has 0 aliphatic heterocycles. The fourth-order valence-corrected chi connectivity index (χ4v) is 5.99. The molecule has 7 nitrogen and oxygen atoms in total. The summed E-state index contributed by atoms with van der Waals surface area (Å²) in [6.45, 7) is 6.12. The second kappa shape index (κ2) is 9.95. The van der Waals surface area contributed by atoms with E-state index in [-0.39, 0.29) is 11.8 Å². The second-order valence-corrected chi connectivity index (χ2v) is 10.2. The van der Waals surface area contributed by atoms with E-state index < -0.39 is 12.1 Å². The predicted molar refractivity (Wildman–Crippen MR) is 142 cm³/mol. The zero-order valence-electron chi connectivity index (χ0n) is 19.9. The van der Waals surface area contributed by atoms with Gasteiger partial charge in [0.25, 0.3) is 0 Å². The molecule has 0 saturated heterocycles. The topological polar surface area (TPSA) is 101 Å². The number of carboxylic acid groups (broad SMARTS) is 1. The maximum Gasteiger partial charge on any atom is 0.332 e. The molecular weight excluding hydrogens is 520 g/mol. The lowest BCUT2D eigenvalue weighted by Crippen LogP contribution is -2.32. The van der Waals surface area contributed by atoms with E-state index in [1.165, 1.54) is 0 Å². The van der Waals surface area contributed by atoms with Crippen LogP contribution in [0.15, 0.2) is 65.9 Å². The summed E-state index contributed by atoms with van der Waals surface area (Å²) in [5.41, 5.74) is 7.13. The van der Waals surface area contributed by atoms with E-state index in [1.54, 1.807) is 0 Å². The highest BCUT2D eigenvalue weighted by Gasteiger charge is 2.33. The molecule has 0 spiro atoms. The van der Waals surface area contributed by atoms with Crippen molar-refractivity contribution < 1.29 is 15.0 Å². The minimum absolute atomic E-state index is 0.140. The first-order chi connectivity index (χ1) is 17.3. The molecule has 1 aliphatic carbocycles. The molecule has 0 radical (unpaired) electrons. The van der Waals surface area contributed by atoms with E-state index in [2.05, 4.69) is 32.6 Å². The van der Waals surface area contributed by atoms with Gasteiger partial charge >= 0.3 is 5.97 Å². The van der Waals surface area contributed by atoms with Crippen molar-refractivity contribution in [1.29, 1.82) is 0 Å². The first-order valence-electron chi connectivity index (χ1n) is 12.0. The fourth-order valence-electron chi connectivity index (χ4n) is 5.08. The summed E-state index contributed by atoms with van der Waals surface area (Å²) in [5, 5.41) is 23.8. The third-order valence-electron chi connectivity index (χ3n) is 7.02. The van der Waals surface area contributed by atoms with Crippen molar-refractivity contribution >= 4 is 33.1 Å². The van der Waals surface area contributed by atoms with E-state index in [1.807, 2.05) is 66.3 Å². The molecule has 1 unspecified atom stereocenters. The van der Waals surface area contributed by atoms with E-state index in [0.717, 1.165) is 62.3 Å². The van der Waals surface area contributed by atoms with Crippen molar-refractivity contribution in [3.63, 3.8) is 0 Å². The van der Waals surface area contributed by atoms with Crippen LogP contribution in [0.1, 0.15) is 49.9 Å². The van der Waals surface area contributed by atoms with Crippen LogP contribution in [0, 0.1) is 5.92 Å². The van der Waals surface area contributed by atoms with Crippen molar-refractivity contribution in [3.8, 4) is 22.4 Å². The Morgan fingerprint density at radius 2 is 1.81 bits per heavy atom. The van der Waals surface area contributed by atoms with Gasteiger partial charge in [0.1, 0.15) is 0 Å². The van der Waals surface area contributed by atoms with Gasteiger partial charge in [0.15, 0.2) is 11.8 Å². The van der Waals surface area contributed by atoms with Gasteiger partial charge < -0.3 is 10.2 Å². The minimum atomic E-state index is -1.32. The summed E-state index contributed by atoms with van der Waals surface area (Å²) in [6.07, 6.45) is 5.12. The molecule has 3 aromatic heterocycles. The Labute approximate surface area is 217 Å². The molecule has 0 bridgehead atoms. The van der Waals surface area contributed by atoms with E-state index >= 15 is 0 Å². The number of benzene rings is 1. The van der Waals surface area contributed by atoms with Gasteiger partial charge in [-0.15, -0.1) is 0 Å². The average molecular weight is 547 g/mol. The molecule has 1 aliphatic rings. The number of pyridine rings is 1. The Balaban J connectivity index is 1.52. The van der Waals surface area contributed by atoms with E-state index in [4.69, 9.17) is 4.98 Å². The van der Waals surface area contributed by atoms with Gasteiger partial charge in [-0.05, 0) is 66.1 Å². The summed E-state index contributed by atoms with van der Waals surface area (Å²) >= 11 is 3.77. The molecule has 184 valence electrons. The molecular formula is C28H27BrN4O3. The van der Waals surface area contributed by atoms with Gasteiger partial charge in [-0.1, -0.05) is 43.0 Å². The lowest BCUT2D eigenvalue weighted by molar-refractivity contribution is -0.150. The van der Waals surface area contributed by atoms with Crippen LogP contribution in [-0.4, -0.2) is 41.9 Å². The molecule has 8 heteroatoms. The van der Waals surface area contributed by atoms with Crippen LogP contribution in [-0.2, 0) is 4.79 Å². The van der Waals surface area contributed by atoms with Crippen LogP contribution in [0.2, 0.25) is 0 Å². The Morgan fingerprint density at radius 3 is 2.42 bits per heavy atom. The zero-order chi connectivity index (χ0) is 25.4. The highest BCUT2D eigenvalue weighted by Crippen LogP contribution is 2.42. The highest BCUT2D eigenvalue weighted by atomic mass is 79.9. The SMILES string of the molecule is C=C(C)c1c(Br)c(C2CCC(C(O)C(=O)O)CC2)nc2c(-c3ccc(-c4ccccc4)nc3)cnn12. The Hall–Kier alpha value is -3.36. The first kappa shape index (κ1) is 24.3. The van der Waals surface area contributed by atoms with Gasteiger partial charge in [0, 0.05) is 28.8 Å². The van der Waals surface area contributed by atoms with Gasteiger partial charge in [-0.3, -0.25) is 4.98 Å². The van der Waals surface area contributed by atoms with Crippen molar-refractivity contribution in [1.82, 2.24) is 19.6 Å². The second-order valence-electron chi connectivity index (χ2n) is 9.43. The lowest BCUT2D eigenvalue weighted by Gasteiger charge is -2.30. The van der Waals surface area contributed by atoms with Crippen LogP contribution in [0.25, 0.3) is 33.6 Å². The van der Waals surface area contributed by atoms with Gasteiger partial charge in [-0.25, -0.2) is 14.3 Å². The summed E-state index contributed by atoms with van der Waals surface area (Å²) in [4.78, 5) is 21.0. The van der Waals surface area contributed by atoms with Crippen LogP contribution in [0.4, 0.5) is 0 Å². The zero-order valence-corrected chi connectivity index (χ0v) is 21.5. The van der Waals surface area contributed by atoms with Crippen molar-refractivity contribution in [2.24, 2.45) is 5.92 Å². The molecule has 2 N–H and O–H groups in total. The number of carbonyl (C=O) groups is 1. The number of aliphatic hydroxyl groups excluding tert-OH is 1. The fraction of sp³-hybridized carbons (Fsp3) is 0.286. The summed E-state index contributed by atoms with van der Waals surface area (Å²) in [6, 6.07) is 14.1. The number of hydrogen-bond acceptors (Lipinski definition) is 5.